The molecule has 0 radical (unpaired) electrons. The third-order valence-corrected chi connectivity index (χ3v) is 3.43. The number of morpholine rings is 1. The van der Waals surface area contributed by atoms with Gasteiger partial charge in [-0.2, -0.15) is 0 Å². The predicted octanol–water partition coefficient (Wildman–Crippen LogP) is 1.23. The van der Waals surface area contributed by atoms with Crippen LogP contribution in [0.2, 0.25) is 0 Å². The van der Waals surface area contributed by atoms with Gasteiger partial charge >= 0.3 is 0 Å². The summed E-state index contributed by atoms with van der Waals surface area (Å²) in [4.78, 5) is 2.36. The zero-order valence-electron chi connectivity index (χ0n) is 9.38. The Morgan fingerprint density at radius 2 is 2.07 bits per heavy atom. The first-order valence-corrected chi connectivity index (χ1v) is 5.78. The molecule has 0 aliphatic carbocycles. The Morgan fingerprint density at radius 3 is 2.73 bits per heavy atom. The van der Waals surface area contributed by atoms with E-state index in [9.17, 15) is 4.39 Å². The van der Waals surface area contributed by atoms with Gasteiger partial charge in [0.2, 0.25) is 0 Å². The molecule has 0 bridgehead atoms. The van der Waals surface area contributed by atoms with E-state index in [-0.39, 0.29) is 5.54 Å². The van der Waals surface area contributed by atoms with Crippen molar-refractivity contribution >= 4 is 0 Å². The SMILES string of the molecule is C[C@H](F)CCN1CCOC[C@]12CCOC2. The molecule has 2 saturated heterocycles. The first kappa shape index (κ1) is 11.3. The highest BCUT2D eigenvalue weighted by Gasteiger charge is 2.42. The van der Waals surface area contributed by atoms with Crippen LogP contribution in [0.25, 0.3) is 0 Å². The van der Waals surface area contributed by atoms with Crippen LogP contribution < -0.4 is 0 Å². The number of hydrogen-bond donors (Lipinski definition) is 0. The summed E-state index contributed by atoms with van der Waals surface area (Å²) in [6.45, 7) is 6.42. The van der Waals surface area contributed by atoms with Crippen molar-refractivity contribution in [3.8, 4) is 0 Å². The number of hydrogen-bond acceptors (Lipinski definition) is 3. The molecule has 4 heteroatoms. The summed E-state index contributed by atoms with van der Waals surface area (Å²) >= 11 is 0. The summed E-state index contributed by atoms with van der Waals surface area (Å²) in [6.07, 6.45) is 0.919. The molecular formula is C11H20FNO2. The van der Waals surface area contributed by atoms with Crippen molar-refractivity contribution in [1.29, 1.82) is 0 Å². The van der Waals surface area contributed by atoms with Crippen molar-refractivity contribution in [1.82, 2.24) is 4.90 Å². The van der Waals surface area contributed by atoms with Crippen molar-refractivity contribution in [2.45, 2.75) is 31.5 Å². The molecule has 0 unspecified atom stereocenters. The maximum Gasteiger partial charge on any atom is 0.0985 e. The molecule has 2 heterocycles. The van der Waals surface area contributed by atoms with Crippen molar-refractivity contribution in [3.05, 3.63) is 0 Å². The number of alkyl halides is 1. The fourth-order valence-electron chi connectivity index (χ4n) is 2.41. The molecule has 88 valence electrons. The van der Waals surface area contributed by atoms with Gasteiger partial charge in [-0.1, -0.05) is 0 Å². The Bertz CT molecular complexity index is 205. The van der Waals surface area contributed by atoms with Gasteiger partial charge in [-0.05, 0) is 19.8 Å². The van der Waals surface area contributed by atoms with Crippen LogP contribution in [0.5, 0.6) is 0 Å². The van der Waals surface area contributed by atoms with Crippen LogP contribution >= 0.6 is 0 Å². The van der Waals surface area contributed by atoms with Gasteiger partial charge in [-0.15, -0.1) is 0 Å². The minimum absolute atomic E-state index is 0.0488. The summed E-state index contributed by atoms with van der Waals surface area (Å²) in [5.74, 6) is 0. The topological polar surface area (TPSA) is 21.7 Å². The van der Waals surface area contributed by atoms with Crippen LogP contribution in [0, 0.1) is 0 Å². The summed E-state index contributed by atoms with van der Waals surface area (Å²) in [5, 5.41) is 0. The molecule has 0 aromatic heterocycles. The minimum Gasteiger partial charge on any atom is -0.379 e. The summed E-state index contributed by atoms with van der Waals surface area (Å²) in [5.41, 5.74) is 0.0488. The summed E-state index contributed by atoms with van der Waals surface area (Å²) < 4.78 is 23.8. The lowest BCUT2D eigenvalue weighted by Gasteiger charge is -2.43. The summed E-state index contributed by atoms with van der Waals surface area (Å²) in [7, 11) is 0. The van der Waals surface area contributed by atoms with E-state index in [1.165, 1.54) is 0 Å². The lowest BCUT2D eigenvalue weighted by molar-refractivity contribution is -0.0725. The lowest BCUT2D eigenvalue weighted by atomic mass is 9.95. The quantitative estimate of drug-likeness (QED) is 0.709. The molecule has 0 saturated carbocycles. The molecule has 0 amide bonds. The Kier molecular flexibility index (Phi) is 3.59. The van der Waals surface area contributed by atoms with E-state index >= 15 is 0 Å². The highest BCUT2D eigenvalue weighted by atomic mass is 19.1. The van der Waals surface area contributed by atoms with Gasteiger partial charge < -0.3 is 9.47 Å². The Morgan fingerprint density at radius 1 is 1.33 bits per heavy atom. The third kappa shape index (κ3) is 2.49. The molecule has 2 aliphatic heterocycles. The summed E-state index contributed by atoms with van der Waals surface area (Å²) in [6, 6.07) is 0. The van der Waals surface area contributed by atoms with E-state index in [0.29, 0.717) is 6.42 Å². The largest absolute Gasteiger partial charge is 0.379 e. The molecule has 2 atom stereocenters. The Hall–Kier alpha value is -0.190. The second-order valence-electron chi connectivity index (χ2n) is 4.64. The van der Waals surface area contributed by atoms with E-state index in [1.807, 2.05) is 0 Å². The normalized spacial score (nSPS) is 34.8. The lowest BCUT2D eigenvalue weighted by Crippen LogP contribution is -2.57. The second-order valence-corrected chi connectivity index (χ2v) is 4.64. The van der Waals surface area contributed by atoms with Crippen LogP contribution in [0.3, 0.4) is 0 Å². The average molecular weight is 217 g/mol. The fraction of sp³-hybridized carbons (Fsp3) is 1.00. The maximum atomic E-state index is 12.8. The van der Waals surface area contributed by atoms with E-state index in [0.717, 1.165) is 45.9 Å². The van der Waals surface area contributed by atoms with Gasteiger partial charge in [-0.3, -0.25) is 4.90 Å². The van der Waals surface area contributed by atoms with E-state index in [1.54, 1.807) is 6.92 Å². The fourth-order valence-corrected chi connectivity index (χ4v) is 2.41. The monoisotopic (exact) mass is 217 g/mol. The van der Waals surface area contributed by atoms with Gasteiger partial charge in [0.15, 0.2) is 0 Å². The van der Waals surface area contributed by atoms with Gasteiger partial charge in [0.25, 0.3) is 0 Å². The van der Waals surface area contributed by atoms with Crippen molar-refractivity contribution in [3.63, 3.8) is 0 Å². The van der Waals surface area contributed by atoms with Crippen molar-refractivity contribution < 1.29 is 13.9 Å². The second kappa shape index (κ2) is 4.76. The molecule has 3 nitrogen and oxygen atoms in total. The number of rotatable bonds is 3. The van der Waals surface area contributed by atoms with Gasteiger partial charge in [0.05, 0.1) is 31.5 Å². The number of halogens is 1. The Labute approximate surface area is 90.5 Å². The predicted molar refractivity (Wildman–Crippen MR) is 55.7 cm³/mol. The van der Waals surface area contributed by atoms with Crippen molar-refractivity contribution in [2.24, 2.45) is 0 Å². The van der Waals surface area contributed by atoms with Gasteiger partial charge in [0.1, 0.15) is 0 Å². The molecule has 0 aromatic rings. The molecule has 2 fully saturated rings. The van der Waals surface area contributed by atoms with Crippen LogP contribution in [0.4, 0.5) is 4.39 Å². The standard InChI is InChI=1S/C11H20FNO2/c1-10(12)2-4-13-5-7-15-9-11(13)3-6-14-8-11/h10H,2-9H2,1H3/t10-,11+/m0/s1. The molecule has 15 heavy (non-hydrogen) atoms. The number of nitrogens with zero attached hydrogens (tertiary/aromatic N) is 1. The first-order chi connectivity index (χ1) is 7.23. The molecular weight excluding hydrogens is 197 g/mol. The van der Waals surface area contributed by atoms with Crippen LogP contribution in [0.15, 0.2) is 0 Å². The number of ether oxygens (including phenoxy) is 2. The molecule has 0 N–H and O–H groups in total. The van der Waals surface area contributed by atoms with Crippen molar-refractivity contribution in [2.75, 3.05) is 39.5 Å². The molecule has 2 aliphatic rings. The average Bonchev–Trinajstić information content (AvgIpc) is 2.66. The highest BCUT2D eigenvalue weighted by molar-refractivity contribution is 4.96. The van der Waals surface area contributed by atoms with E-state index in [4.69, 9.17) is 9.47 Å². The van der Waals surface area contributed by atoms with Gasteiger partial charge in [-0.25, -0.2) is 4.39 Å². The zero-order chi connectivity index (χ0) is 10.7. The zero-order valence-corrected chi connectivity index (χ0v) is 9.38. The third-order valence-electron chi connectivity index (χ3n) is 3.43. The maximum absolute atomic E-state index is 12.8. The van der Waals surface area contributed by atoms with Crippen LogP contribution in [-0.2, 0) is 9.47 Å². The van der Waals surface area contributed by atoms with E-state index < -0.39 is 6.17 Å². The first-order valence-electron chi connectivity index (χ1n) is 5.78. The van der Waals surface area contributed by atoms with E-state index in [2.05, 4.69) is 4.90 Å². The minimum atomic E-state index is -0.716. The molecule has 2 rings (SSSR count). The molecule has 0 aromatic carbocycles. The smallest absolute Gasteiger partial charge is 0.0985 e. The highest BCUT2D eigenvalue weighted by Crippen LogP contribution is 2.29. The van der Waals surface area contributed by atoms with Crippen LogP contribution in [-0.4, -0.2) is 56.1 Å². The van der Waals surface area contributed by atoms with Gasteiger partial charge in [0, 0.05) is 19.7 Å². The molecule has 1 spiro atoms. The van der Waals surface area contributed by atoms with Crippen LogP contribution in [0.1, 0.15) is 19.8 Å². The Balaban J connectivity index is 1.93.